The fraction of sp³-hybridized carbons (Fsp3) is 0.600. The monoisotopic (exact) mass is 389 g/mol. The molecule has 28 heavy (non-hydrogen) atoms. The number of esters is 1. The van der Waals surface area contributed by atoms with Crippen LogP contribution in [0.25, 0.3) is 0 Å². The van der Waals surface area contributed by atoms with Crippen LogP contribution >= 0.6 is 0 Å². The van der Waals surface area contributed by atoms with Crippen LogP contribution < -0.4 is 5.32 Å². The van der Waals surface area contributed by atoms with Crippen molar-refractivity contribution < 1.29 is 23.9 Å². The van der Waals surface area contributed by atoms with Crippen LogP contribution in [0.4, 0.5) is 4.79 Å². The summed E-state index contributed by atoms with van der Waals surface area (Å²) in [5.41, 5.74) is 0.632. The zero-order valence-electron chi connectivity index (χ0n) is 16.8. The van der Waals surface area contributed by atoms with Crippen molar-refractivity contribution in [2.24, 2.45) is 5.92 Å². The third-order valence-electron chi connectivity index (χ3n) is 6.00. The van der Waals surface area contributed by atoms with Gasteiger partial charge in [-0.25, -0.2) is 9.59 Å². The summed E-state index contributed by atoms with van der Waals surface area (Å²) < 4.78 is 5.04. The van der Waals surface area contributed by atoms with Crippen molar-refractivity contribution in [1.82, 2.24) is 15.2 Å². The van der Waals surface area contributed by atoms with Gasteiger partial charge in [0.05, 0.1) is 24.4 Å². The molecule has 0 aromatic carbocycles. The zero-order valence-corrected chi connectivity index (χ0v) is 16.8. The molecule has 3 rings (SSSR count). The molecule has 2 N–H and O–H groups in total. The number of hydrogen-bond acceptors (Lipinski definition) is 5. The standard InChI is InChI=1S/C20H27N3O5/c1-5-28-17(25)15-12(3)16(21-13(15)4)14(24)10-23-18(26)20(22-19(23)27)9-7-6-8-11(20)2/h11,21H,5-10H2,1-4H3,(H,22,27)/t11-,20+/m1/s1. The van der Waals surface area contributed by atoms with E-state index >= 15 is 0 Å². The third kappa shape index (κ3) is 3.10. The topological polar surface area (TPSA) is 109 Å². The molecule has 1 aliphatic carbocycles. The average Bonchev–Trinajstić information content (AvgIpc) is 3.06. The second-order valence-electron chi connectivity index (χ2n) is 7.71. The average molecular weight is 389 g/mol. The number of carbonyl (C=O) groups excluding carboxylic acids is 4. The smallest absolute Gasteiger partial charge is 0.340 e. The number of nitrogens with zero attached hydrogens (tertiary/aromatic N) is 1. The highest BCUT2D eigenvalue weighted by Gasteiger charge is 2.55. The summed E-state index contributed by atoms with van der Waals surface area (Å²) in [6.45, 7) is 6.88. The molecular formula is C20H27N3O5. The summed E-state index contributed by atoms with van der Waals surface area (Å²) in [5, 5.41) is 2.84. The minimum atomic E-state index is -0.896. The van der Waals surface area contributed by atoms with Gasteiger partial charge in [0, 0.05) is 5.69 Å². The molecule has 1 aromatic rings. The molecule has 1 spiro atoms. The Morgan fingerprint density at radius 1 is 1.25 bits per heavy atom. The summed E-state index contributed by atoms with van der Waals surface area (Å²) in [6.07, 6.45) is 3.36. The summed E-state index contributed by atoms with van der Waals surface area (Å²) in [5.74, 6) is -1.22. The van der Waals surface area contributed by atoms with E-state index in [0.717, 1.165) is 24.2 Å². The summed E-state index contributed by atoms with van der Waals surface area (Å²) in [4.78, 5) is 54.4. The Balaban J connectivity index is 1.82. The highest BCUT2D eigenvalue weighted by molar-refractivity contribution is 6.11. The molecule has 0 unspecified atom stereocenters. The van der Waals surface area contributed by atoms with E-state index in [0.29, 0.717) is 23.2 Å². The molecule has 1 aliphatic heterocycles. The van der Waals surface area contributed by atoms with Gasteiger partial charge in [-0.05, 0) is 45.1 Å². The van der Waals surface area contributed by atoms with Crippen LogP contribution in [0.3, 0.4) is 0 Å². The maximum atomic E-state index is 13.0. The lowest BCUT2D eigenvalue weighted by atomic mass is 9.73. The number of H-pyrrole nitrogens is 1. The summed E-state index contributed by atoms with van der Waals surface area (Å²) >= 11 is 0. The predicted molar refractivity (Wildman–Crippen MR) is 101 cm³/mol. The highest BCUT2D eigenvalue weighted by atomic mass is 16.5. The molecule has 2 heterocycles. The number of ketones is 1. The lowest BCUT2D eigenvalue weighted by Gasteiger charge is -2.36. The lowest BCUT2D eigenvalue weighted by Crippen LogP contribution is -2.54. The maximum absolute atomic E-state index is 13.0. The van der Waals surface area contributed by atoms with Crippen molar-refractivity contribution in [2.75, 3.05) is 13.2 Å². The Bertz CT molecular complexity index is 843. The third-order valence-corrected chi connectivity index (χ3v) is 6.00. The van der Waals surface area contributed by atoms with Crippen LogP contribution in [0, 0.1) is 19.8 Å². The fourth-order valence-corrected chi connectivity index (χ4v) is 4.40. The molecule has 2 fully saturated rings. The van der Waals surface area contributed by atoms with Gasteiger partial charge in [-0.15, -0.1) is 0 Å². The minimum Gasteiger partial charge on any atom is -0.462 e. The number of rotatable bonds is 5. The van der Waals surface area contributed by atoms with E-state index in [4.69, 9.17) is 4.74 Å². The number of ether oxygens (including phenoxy) is 1. The molecule has 0 radical (unpaired) electrons. The largest absolute Gasteiger partial charge is 0.462 e. The number of amides is 3. The van der Waals surface area contributed by atoms with E-state index in [1.54, 1.807) is 20.8 Å². The molecule has 1 saturated heterocycles. The predicted octanol–water partition coefficient (Wildman–Crippen LogP) is 2.49. The number of hydrogen-bond donors (Lipinski definition) is 2. The molecule has 1 aromatic heterocycles. The molecule has 2 aliphatic rings. The van der Waals surface area contributed by atoms with E-state index < -0.39 is 23.3 Å². The number of Topliss-reactive ketones (excluding diaryl/α,β-unsaturated/α-hetero) is 1. The summed E-state index contributed by atoms with van der Waals surface area (Å²) in [7, 11) is 0. The van der Waals surface area contributed by atoms with Crippen LogP contribution in [0.2, 0.25) is 0 Å². The number of aromatic amines is 1. The van der Waals surface area contributed by atoms with Crippen molar-refractivity contribution in [3.63, 3.8) is 0 Å². The molecular weight excluding hydrogens is 362 g/mol. The van der Waals surface area contributed by atoms with Crippen molar-refractivity contribution in [2.45, 2.75) is 58.9 Å². The first-order valence-electron chi connectivity index (χ1n) is 9.76. The number of imide groups is 1. The Labute approximate surface area is 164 Å². The minimum absolute atomic E-state index is 0.0303. The van der Waals surface area contributed by atoms with E-state index in [1.165, 1.54) is 0 Å². The molecule has 8 nitrogen and oxygen atoms in total. The summed E-state index contributed by atoms with van der Waals surface area (Å²) in [6, 6.07) is -0.529. The van der Waals surface area contributed by atoms with Crippen LogP contribution in [-0.2, 0) is 9.53 Å². The van der Waals surface area contributed by atoms with Crippen LogP contribution in [-0.4, -0.2) is 52.3 Å². The van der Waals surface area contributed by atoms with Gasteiger partial charge in [0.25, 0.3) is 5.91 Å². The van der Waals surface area contributed by atoms with Crippen molar-refractivity contribution >= 4 is 23.7 Å². The Hall–Kier alpha value is -2.64. The second-order valence-corrected chi connectivity index (χ2v) is 7.71. The van der Waals surface area contributed by atoms with Gasteiger partial charge < -0.3 is 15.0 Å². The molecule has 8 heteroatoms. The quantitative estimate of drug-likeness (QED) is 0.457. The maximum Gasteiger partial charge on any atom is 0.340 e. The van der Waals surface area contributed by atoms with Crippen molar-refractivity contribution in [3.05, 3.63) is 22.5 Å². The van der Waals surface area contributed by atoms with Crippen LogP contribution in [0.5, 0.6) is 0 Å². The first-order valence-corrected chi connectivity index (χ1v) is 9.76. The van der Waals surface area contributed by atoms with E-state index in [9.17, 15) is 19.2 Å². The Kier molecular flexibility index (Phi) is 5.32. The Morgan fingerprint density at radius 2 is 1.96 bits per heavy atom. The molecule has 152 valence electrons. The van der Waals surface area contributed by atoms with Gasteiger partial charge in [-0.1, -0.05) is 19.8 Å². The van der Waals surface area contributed by atoms with E-state index in [-0.39, 0.29) is 30.7 Å². The Morgan fingerprint density at radius 3 is 2.61 bits per heavy atom. The van der Waals surface area contributed by atoms with Crippen LogP contribution in [0.1, 0.15) is 71.6 Å². The first kappa shape index (κ1) is 20.1. The zero-order chi connectivity index (χ0) is 20.6. The van der Waals surface area contributed by atoms with Gasteiger partial charge in [-0.2, -0.15) is 0 Å². The van der Waals surface area contributed by atoms with Crippen molar-refractivity contribution in [3.8, 4) is 0 Å². The fourth-order valence-electron chi connectivity index (χ4n) is 4.40. The van der Waals surface area contributed by atoms with Gasteiger partial charge in [-0.3, -0.25) is 14.5 Å². The molecule has 3 amide bonds. The SMILES string of the molecule is CCOC(=O)c1c(C)[nH]c(C(=O)CN2C(=O)N[C@]3(CCCC[C@H]3C)C2=O)c1C. The highest BCUT2D eigenvalue weighted by Crippen LogP contribution is 2.38. The van der Waals surface area contributed by atoms with Gasteiger partial charge in [0.1, 0.15) is 5.54 Å². The van der Waals surface area contributed by atoms with Gasteiger partial charge in [0.2, 0.25) is 0 Å². The van der Waals surface area contributed by atoms with Gasteiger partial charge in [0.15, 0.2) is 5.78 Å². The molecule has 2 atom stereocenters. The molecule has 0 bridgehead atoms. The second kappa shape index (κ2) is 7.41. The van der Waals surface area contributed by atoms with E-state index in [2.05, 4.69) is 10.3 Å². The lowest BCUT2D eigenvalue weighted by molar-refractivity contribution is -0.133. The van der Waals surface area contributed by atoms with Crippen LogP contribution in [0.15, 0.2) is 0 Å². The molecule has 1 saturated carbocycles. The normalized spacial score (nSPS) is 24.6. The van der Waals surface area contributed by atoms with Crippen molar-refractivity contribution in [1.29, 1.82) is 0 Å². The van der Waals surface area contributed by atoms with E-state index in [1.807, 2.05) is 6.92 Å². The number of aryl methyl sites for hydroxylation is 1. The number of aromatic nitrogens is 1. The first-order chi connectivity index (χ1) is 13.2. The van der Waals surface area contributed by atoms with Gasteiger partial charge >= 0.3 is 12.0 Å². The number of urea groups is 1. The number of nitrogens with one attached hydrogen (secondary N) is 2. The number of carbonyl (C=O) groups is 4.